The average Bonchev–Trinajstić information content (AvgIpc) is 2.66. The normalized spacial score (nSPS) is 39.6. The fourth-order valence-corrected chi connectivity index (χ4v) is 5.28. The van der Waals surface area contributed by atoms with Gasteiger partial charge in [0.25, 0.3) is 0 Å². The van der Waals surface area contributed by atoms with Gasteiger partial charge in [-0.15, -0.1) is 0 Å². The van der Waals surface area contributed by atoms with Crippen LogP contribution in [0.3, 0.4) is 0 Å². The fourth-order valence-electron chi connectivity index (χ4n) is 5.28. The summed E-state index contributed by atoms with van der Waals surface area (Å²) in [5, 5.41) is 10.3. The van der Waals surface area contributed by atoms with Crippen molar-refractivity contribution in [2.75, 3.05) is 0 Å². The van der Waals surface area contributed by atoms with Crippen LogP contribution in [-0.2, 0) is 0 Å². The van der Waals surface area contributed by atoms with Crippen molar-refractivity contribution >= 4 is 0 Å². The third-order valence-corrected chi connectivity index (χ3v) is 6.44. The van der Waals surface area contributed by atoms with Crippen LogP contribution in [0.4, 0.5) is 0 Å². The Balaban J connectivity index is 1.92. The summed E-state index contributed by atoms with van der Waals surface area (Å²) in [6.45, 7) is 12.0. The van der Waals surface area contributed by atoms with E-state index in [9.17, 15) is 5.11 Å². The van der Waals surface area contributed by atoms with Gasteiger partial charge in [-0.25, -0.2) is 0 Å². The SMILES string of the molecule is C[C@H](CCCC(C)(C)C)[C@H]1CC[C@H]2[C@@H](O)CCC[C@]12C. The quantitative estimate of drug-likeness (QED) is 0.729. The van der Waals surface area contributed by atoms with E-state index >= 15 is 0 Å². The monoisotopic (exact) mass is 280 g/mol. The van der Waals surface area contributed by atoms with Crippen molar-refractivity contribution in [2.24, 2.45) is 28.6 Å². The molecule has 0 heterocycles. The molecular weight excluding hydrogens is 244 g/mol. The molecule has 2 aliphatic rings. The van der Waals surface area contributed by atoms with Gasteiger partial charge in [0.05, 0.1) is 6.10 Å². The van der Waals surface area contributed by atoms with Crippen molar-refractivity contribution < 1.29 is 5.11 Å². The molecular formula is C19H36O. The maximum atomic E-state index is 10.3. The Morgan fingerprint density at radius 1 is 1.20 bits per heavy atom. The van der Waals surface area contributed by atoms with Crippen LogP contribution >= 0.6 is 0 Å². The van der Waals surface area contributed by atoms with E-state index in [4.69, 9.17) is 0 Å². The molecule has 0 spiro atoms. The first-order valence-electron chi connectivity index (χ1n) is 8.92. The van der Waals surface area contributed by atoms with Crippen LogP contribution in [0.25, 0.3) is 0 Å². The Morgan fingerprint density at radius 3 is 2.55 bits per heavy atom. The summed E-state index contributed by atoms with van der Waals surface area (Å²) in [4.78, 5) is 0. The molecule has 1 heteroatoms. The lowest BCUT2D eigenvalue weighted by atomic mass is 9.61. The van der Waals surface area contributed by atoms with Crippen LogP contribution in [0.2, 0.25) is 0 Å². The molecule has 2 fully saturated rings. The molecule has 1 N–H and O–H groups in total. The maximum absolute atomic E-state index is 10.3. The molecule has 1 nitrogen and oxygen atoms in total. The Labute approximate surface area is 126 Å². The van der Waals surface area contributed by atoms with Crippen molar-refractivity contribution in [1.82, 2.24) is 0 Å². The van der Waals surface area contributed by atoms with E-state index in [1.807, 2.05) is 0 Å². The van der Waals surface area contributed by atoms with Gasteiger partial charge < -0.3 is 5.11 Å². The lowest BCUT2D eigenvalue weighted by molar-refractivity contribution is -0.0279. The molecule has 20 heavy (non-hydrogen) atoms. The summed E-state index contributed by atoms with van der Waals surface area (Å²) in [5.41, 5.74) is 0.904. The molecule has 2 saturated carbocycles. The van der Waals surface area contributed by atoms with E-state index in [0.717, 1.165) is 18.3 Å². The van der Waals surface area contributed by atoms with E-state index in [1.54, 1.807) is 0 Å². The smallest absolute Gasteiger partial charge is 0.0573 e. The molecule has 2 rings (SSSR count). The van der Waals surface area contributed by atoms with E-state index in [2.05, 4.69) is 34.6 Å². The van der Waals surface area contributed by atoms with Gasteiger partial charge in [0.2, 0.25) is 0 Å². The molecule has 0 aromatic rings. The number of aliphatic hydroxyl groups excluding tert-OH is 1. The van der Waals surface area contributed by atoms with Crippen LogP contribution in [0.5, 0.6) is 0 Å². The molecule has 5 atom stereocenters. The van der Waals surface area contributed by atoms with Crippen LogP contribution in [0.1, 0.15) is 86.0 Å². The van der Waals surface area contributed by atoms with Gasteiger partial charge >= 0.3 is 0 Å². The minimum absolute atomic E-state index is 0.0134. The third-order valence-electron chi connectivity index (χ3n) is 6.44. The standard InChI is InChI=1S/C19H36O/c1-14(8-6-12-18(2,3)4)15-10-11-16-17(20)9-7-13-19(15,16)5/h14-17,20H,6-13H2,1-5H3/t14-,15-,16+,17+,19-/m1/s1. The van der Waals surface area contributed by atoms with Crippen molar-refractivity contribution in [2.45, 2.75) is 92.1 Å². The molecule has 118 valence electrons. The number of hydrogen-bond donors (Lipinski definition) is 1. The van der Waals surface area contributed by atoms with Crippen LogP contribution in [0, 0.1) is 28.6 Å². The summed E-state index contributed by atoms with van der Waals surface area (Å²) >= 11 is 0. The predicted molar refractivity (Wildman–Crippen MR) is 86.6 cm³/mol. The largest absolute Gasteiger partial charge is 0.393 e. The minimum Gasteiger partial charge on any atom is -0.393 e. The summed E-state index contributed by atoms with van der Waals surface area (Å²) in [6, 6.07) is 0. The first-order chi connectivity index (χ1) is 9.24. The second kappa shape index (κ2) is 5.99. The fraction of sp³-hybridized carbons (Fsp3) is 1.00. The lowest BCUT2D eigenvalue weighted by Gasteiger charge is -2.45. The second-order valence-corrected chi connectivity index (χ2v) is 9.19. The molecule has 2 aliphatic carbocycles. The van der Waals surface area contributed by atoms with Gasteiger partial charge in [-0.3, -0.25) is 0 Å². The molecule has 0 radical (unpaired) electrons. The van der Waals surface area contributed by atoms with Crippen LogP contribution < -0.4 is 0 Å². The summed E-state index contributed by atoms with van der Waals surface area (Å²) in [5.74, 6) is 2.27. The van der Waals surface area contributed by atoms with Gasteiger partial charge in [0.15, 0.2) is 0 Å². The Bertz CT molecular complexity index is 316. The van der Waals surface area contributed by atoms with Gasteiger partial charge in [0.1, 0.15) is 0 Å². The zero-order chi connectivity index (χ0) is 15.0. The summed E-state index contributed by atoms with van der Waals surface area (Å²) in [6.07, 6.45) is 10.3. The topological polar surface area (TPSA) is 20.2 Å². The van der Waals surface area contributed by atoms with Gasteiger partial charge in [0, 0.05) is 0 Å². The third kappa shape index (κ3) is 3.40. The molecule has 0 unspecified atom stereocenters. The Morgan fingerprint density at radius 2 is 1.90 bits per heavy atom. The molecule has 0 aromatic heterocycles. The average molecular weight is 280 g/mol. The van der Waals surface area contributed by atoms with E-state index < -0.39 is 0 Å². The first-order valence-corrected chi connectivity index (χ1v) is 8.92. The van der Waals surface area contributed by atoms with Gasteiger partial charge in [-0.2, -0.15) is 0 Å². The highest BCUT2D eigenvalue weighted by Crippen LogP contribution is 2.58. The molecule has 0 bridgehead atoms. The van der Waals surface area contributed by atoms with Crippen molar-refractivity contribution in [3.8, 4) is 0 Å². The zero-order valence-corrected chi connectivity index (χ0v) is 14.4. The predicted octanol–water partition coefficient (Wildman–Crippen LogP) is 5.42. The molecule has 0 saturated heterocycles. The zero-order valence-electron chi connectivity index (χ0n) is 14.4. The number of fused-ring (bicyclic) bond motifs is 1. The van der Waals surface area contributed by atoms with Crippen LogP contribution in [-0.4, -0.2) is 11.2 Å². The first kappa shape index (κ1) is 16.3. The van der Waals surface area contributed by atoms with E-state index in [1.165, 1.54) is 44.9 Å². The number of aliphatic hydroxyl groups is 1. The number of rotatable bonds is 4. The highest BCUT2D eigenvalue weighted by Gasteiger charge is 2.51. The lowest BCUT2D eigenvalue weighted by Crippen LogP contribution is -2.41. The molecule has 0 aromatic carbocycles. The Hall–Kier alpha value is -0.0400. The maximum Gasteiger partial charge on any atom is 0.0573 e. The van der Waals surface area contributed by atoms with Gasteiger partial charge in [-0.05, 0) is 60.7 Å². The van der Waals surface area contributed by atoms with E-state index in [-0.39, 0.29) is 6.10 Å². The van der Waals surface area contributed by atoms with Crippen molar-refractivity contribution in [1.29, 1.82) is 0 Å². The van der Waals surface area contributed by atoms with Crippen LogP contribution in [0.15, 0.2) is 0 Å². The summed E-state index contributed by atoms with van der Waals surface area (Å²) in [7, 11) is 0. The second-order valence-electron chi connectivity index (χ2n) is 9.19. The number of hydrogen-bond acceptors (Lipinski definition) is 1. The Kier molecular flexibility index (Phi) is 4.89. The highest BCUT2D eigenvalue weighted by molar-refractivity contribution is 5.01. The minimum atomic E-state index is -0.0134. The summed E-state index contributed by atoms with van der Waals surface area (Å²) < 4.78 is 0. The van der Waals surface area contributed by atoms with E-state index in [0.29, 0.717) is 16.7 Å². The molecule has 0 amide bonds. The molecule has 0 aliphatic heterocycles. The van der Waals surface area contributed by atoms with Crippen molar-refractivity contribution in [3.05, 3.63) is 0 Å². The van der Waals surface area contributed by atoms with Crippen molar-refractivity contribution in [3.63, 3.8) is 0 Å². The van der Waals surface area contributed by atoms with Gasteiger partial charge in [-0.1, -0.05) is 53.9 Å². The highest BCUT2D eigenvalue weighted by atomic mass is 16.3.